The monoisotopic (exact) mass is 336 g/mol. The summed E-state index contributed by atoms with van der Waals surface area (Å²) in [5, 5.41) is 14.2. The standard InChI is InChI=1S/C14H13ClN4O2S/c1-7-4-3-5-9(15)10(7)19-12(20)8-6-16-13(22-2)17-11(8)18-14(19)21/h3-6,12,20H,1-2H3,(H,16,17,18,21). The van der Waals surface area contributed by atoms with Crippen LogP contribution in [0.5, 0.6) is 0 Å². The predicted octanol–water partition coefficient (Wildman–Crippen LogP) is 3.20. The number of benzene rings is 1. The molecular formula is C14H13ClN4O2S. The molecular weight excluding hydrogens is 324 g/mol. The van der Waals surface area contributed by atoms with Crippen LogP contribution in [0.2, 0.25) is 5.02 Å². The molecule has 1 aromatic carbocycles. The number of rotatable bonds is 2. The van der Waals surface area contributed by atoms with Gasteiger partial charge in [0.2, 0.25) is 0 Å². The number of aliphatic hydroxyl groups excluding tert-OH is 1. The number of urea groups is 1. The van der Waals surface area contributed by atoms with Crippen molar-refractivity contribution in [2.45, 2.75) is 18.3 Å². The molecule has 114 valence electrons. The minimum atomic E-state index is -1.20. The normalized spacial score (nSPS) is 17.2. The molecule has 0 radical (unpaired) electrons. The Balaban J connectivity index is 2.10. The minimum absolute atomic E-state index is 0.317. The Hall–Kier alpha value is -1.83. The summed E-state index contributed by atoms with van der Waals surface area (Å²) < 4.78 is 0. The number of anilines is 2. The Morgan fingerprint density at radius 1 is 1.45 bits per heavy atom. The Morgan fingerprint density at radius 2 is 2.23 bits per heavy atom. The quantitative estimate of drug-likeness (QED) is 0.650. The molecule has 1 aromatic heterocycles. The van der Waals surface area contributed by atoms with Gasteiger partial charge >= 0.3 is 6.03 Å². The number of aryl methyl sites for hydroxylation is 1. The van der Waals surface area contributed by atoms with E-state index in [0.717, 1.165) is 5.56 Å². The first-order valence-corrected chi connectivity index (χ1v) is 8.07. The first-order valence-electron chi connectivity index (χ1n) is 6.47. The summed E-state index contributed by atoms with van der Waals surface area (Å²) in [6.07, 6.45) is 2.15. The van der Waals surface area contributed by atoms with Crippen LogP contribution in [0, 0.1) is 6.92 Å². The smallest absolute Gasteiger partial charge is 0.329 e. The van der Waals surface area contributed by atoms with Gasteiger partial charge in [0, 0.05) is 6.20 Å². The maximum Gasteiger partial charge on any atom is 0.329 e. The summed E-state index contributed by atoms with van der Waals surface area (Å²) in [6, 6.07) is 4.80. The van der Waals surface area contributed by atoms with Gasteiger partial charge in [-0.2, -0.15) is 0 Å². The highest BCUT2D eigenvalue weighted by molar-refractivity contribution is 7.98. The van der Waals surface area contributed by atoms with Crippen molar-refractivity contribution in [2.75, 3.05) is 16.5 Å². The molecule has 1 aliphatic rings. The molecule has 1 unspecified atom stereocenters. The number of halogens is 1. The molecule has 0 spiro atoms. The van der Waals surface area contributed by atoms with Gasteiger partial charge in [-0.3, -0.25) is 10.2 Å². The fourth-order valence-corrected chi connectivity index (χ4v) is 2.98. The topological polar surface area (TPSA) is 78.4 Å². The number of aliphatic hydroxyl groups is 1. The van der Waals surface area contributed by atoms with Crippen LogP contribution >= 0.6 is 23.4 Å². The Bertz CT molecular complexity index is 735. The third kappa shape index (κ3) is 2.41. The Labute approximate surface area is 136 Å². The number of carbonyl (C=O) groups excluding carboxylic acids is 1. The number of thioether (sulfide) groups is 1. The fraction of sp³-hybridized carbons (Fsp3) is 0.214. The number of nitrogens with zero attached hydrogens (tertiary/aromatic N) is 3. The van der Waals surface area contributed by atoms with E-state index in [2.05, 4.69) is 15.3 Å². The van der Waals surface area contributed by atoms with Crippen LogP contribution in [0.3, 0.4) is 0 Å². The van der Waals surface area contributed by atoms with Crippen molar-refractivity contribution in [3.63, 3.8) is 0 Å². The lowest BCUT2D eigenvalue weighted by atomic mass is 10.1. The van der Waals surface area contributed by atoms with Gasteiger partial charge in [0.15, 0.2) is 11.4 Å². The highest BCUT2D eigenvalue weighted by Crippen LogP contribution is 2.38. The largest absolute Gasteiger partial charge is 0.369 e. The van der Waals surface area contributed by atoms with Crippen LogP contribution in [0.4, 0.5) is 16.3 Å². The lowest BCUT2D eigenvalue weighted by Crippen LogP contribution is -2.43. The molecule has 0 saturated heterocycles. The van der Waals surface area contributed by atoms with E-state index in [1.54, 1.807) is 12.1 Å². The van der Waals surface area contributed by atoms with Gasteiger partial charge in [-0.1, -0.05) is 35.5 Å². The second-order valence-electron chi connectivity index (χ2n) is 4.74. The first-order chi connectivity index (χ1) is 10.5. The lowest BCUT2D eigenvalue weighted by Gasteiger charge is -2.34. The SMILES string of the molecule is CSc1ncc2c(n1)NC(=O)N(c1c(C)cccc1Cl)C2O. The number of hydrogen-bond acceptors (Lipinski definition) is 5. The van der Waals surface area contributed by atoms with Gasteiger partial charge in [0.1, 0.15) is 5.82 Å². The Kier molecular flexibility index (Phi) is 3.94. The summed E-state index contributed by atoms with van der Waals surface area (Å²) in [6.45, 7) is 1.82. The molecule has 2 heterocycles. The maximum atomic E-state index is 12.4. The van der Waals surface area contributed by atoms with E-state index in [9.17, 15) is 9.90 Å². The van der Waals surface area contributed by atoms with Crippen molar-refractivity contribution in [3.8, 4) is 0 Å². The number of amides is 2. The summed E-state index contributed by atoms with van der Waals surface area (Å²) in [5.74, 6) is 0.317. The number of nitrogens with one attached hydrogen (secondary N) is 1. The van der Waals surface area contributed by atoms with Gasteiger partial charge < -0.3 is 5.11 Å². The average molecular weight is 337 g/mol. The van der Waals surface area contributed by atoms with E-state index in [4.69, 9.17) is 11.6 Å². The number of fused-ring (bicyclic) bond motifs is 1. The highest BCUT2D eigenvalue weighted by atomic mass is 35.5. The minimum Gasteiger partial charge on any atom is -0.369 e. The molecule has 0 saturated carbocycles. The summed E-state index contributed by atoms with van der Waals surface area (Å²) in [4.78, 5) is 22.0. The van der Waals surface area contributed by atoms with Crippen LogP contribution in [0.15, 0.2) is 29.6 Å². The van der Waals surface area contributed by atoms with Gasteiger partial charge in [-0.15, -0.1) is 0 Å². The molecule has 6 nitrogen and oxygen atoms in total. The first kappa shape index (κ1) is 15.1. The van der Waals surface area contributed by atoms with Gasteiger partial charge in [0.25, 0.3) is 0 Å². The molecule has 1 atom stereocenters. The molecule has 22 heavy (non-hydrogen) atoms. The van der Waals surface area contributed by atoms with Crippen LogP contribution in [0.1, 0.15) is 17.4 Å². The van der Waals surface area contributed by atoms with Gasteiger partial charge in [-0.25, -0.2) is 14.8 Å². The van der Waals surface area contributed by atoms with Crippen molar-refractivity contribution in [2.24, 2.45) is 0 Å². The van der Waals surface area contributed by atoms with E-state index >= 15 is 0 Å². The zero-order chi connectivity index (χ0) is 15.9. The zero-order valence-electron chi connectivity index (χ0n) is 11.9. The van der Waals surface area contributed by atoms with Crippen LogP contribution in [-0.2, 0) is 0 Å². The van der Waals surface area contributed by atoms with Crippen LogP contribution in [-0.4, -0.2) is 27.4 Å². The van der Waals surface area contributed by atoms with Crippen molar-refractivity contribution < 1.29 is 9.90 Å². The van der Waals surface area contributed by atoms with E-state index < -0.39 is 12.3 Å². The number of aromatic nitrogens is 2. The summed E-state index contributed by atoms with van der Waals surface area (Å²) in [5.41, 5.74) is 1.68. The van der Waals surface area contributed by atoms with E-state index in [-0.39, 0.29) is 0 Å². The van der Waals surface area contributed by atoms with E-state index in [1.165, 1.54) is 22.9 Å². The average Bonchev–Trinajstić information content (AvgIpc) is 2.49. The molecule has 3 rings (SSSR count). The van der Waals surface area contributed by atoms with E-state index in [0.29, 0.717) is 27.2 Å². The fourth-order valence-electron chi connectivity index (χ4n) is 2.33. The molecule has 2 N–H and O–H groups in total. The summed E-state index contributed by atoms with van der Waals surface area (Å²) >= 11 is 7.56. The summed E-state index contributed by atoms with van der Waals surface area (Å²) in [7, 11) is 0. The van der Waals surface area contributed by atoms with Gasteiger partial charge in [-0.05, 0) is 24.8 Å². The molecule has 1 aliphatic heterocycles. The maximum absolute atomic E-state index is 12.4. The number of carbonyl (C=O) groups is 1. The van der Waals surface area contributed by atoms with Crippen LogP contribution < -0.4 is 10.2 Å². The third-order valence-electron chi connectivity index (χ3n) is 3.37. The number of hydrogen-bond donors (Lipinski definition) is 2. The molecule has 0 bridgehead atoms. The molecule has 8 heteroatoms. The third-order valence-corrected chi connectivity index (χ3v) is 4.24. The lowest BCUT2D eigenvalue weighted by molar-refractivity contribution is 0.169. The molecule has 2 aromatic rings. The van der Waals surface area contributed by atoms with Crippen molar-refractivity contribution in [1.29, 1.82) is 0 Å². The predicted molar refractivity (Wildman–Crippen MR) is 86.5 cm³/mol. The molecule has 0 fully saturated rings. The number of para-hydroxylation sites is 1. The zero-order valence-corrected chi connectivity index (χ0v) is 13.4. The van der Waals surface area contributed by atoms with Crippen molar-refractivity contribution >= 4 is 40.9 Å². The van der Waals surface area contributed by atoms with E-state index in [1.807, 2.05) is 19.2 Å². The molecule has 2 amide bonds. The second kappa shape index (κ2) is 5.75. The van der Waals surface area contributed by atoms with Crippen LogP contribution in [0.25, 0.3) is 0 Å². The highest BCUT2D eigenvalue weighted by Gasteiger charge is 2.35. The second-order valence-corrected chi connectivity index (χ2v) is 5.92. The van der Waals surface area contributed by atoms with Gasteiger partial charge in [0.05, 0.1) is 16.3 Å². The van der Waals surface area contributed by atoms with Crippen molar-refractivity contribution in [3.05, 3.63) is 40.5 Å². The Morgan fingerprint density at radius 3 is 2.91 bits per heavy atom. The molecule has 0 aliphatic carbocycles. The van der Waals surface area contributed by atoms with Crippen molar-refractivity contribution in [1.82, 2.24) is 9.97 Å².